The van der Waals surface area contributed by atoms with Crippen LogP contribution in [0.4, 0.5) is 11.4 Å². The molecule has 2 aliphatic rings. The Bertz CT molecular complexity index is 3040. The fourth-order valence-corrected chi connectivity index (χ4v) is 9.66. The molecule has 0 aromatic heterocycles. The van der Waals surface area contributed by atoms with Crippen LogP contribution in [-0.2, 0) is 41.5 Å². The minimum Gasteiger partial charge on any atom is -0.746 e. The van der Waals surface area contributed by atoms with Crippen LogP contribution < -0.4 is 68.9 Å². The second-order valence-corrected chi connectivity index (χ2v) is 19.3. The molecule has 76 heavy (non-hydrogen) atoms. The summed E-state index contributed by atoms with van der Waals surface area (Å²) in [7, 11) is -15.5. The van der Waals surface area contributed by atoms with Crippen LogP contribution in [0.3, 0.4) is 0 Å². The summed E-state index contributed by atoms with van der Waals surface area (Å²) in [5, 5.41) is 0. The summed E-state index contributed by atoms with van der Waals surface area (Å²) in [6.07, 6.45) is 16.1. The molecule has 0 aliphatic heterocycles. The maximum absolute atomic E-state index is 12.1. The summed E-state index contributed by atoms with van der Waals surface area (Å²) in [5.74, 6) is 0. The smallest absolute Gasteiger partial charge is 0.746 e. The molecule has 0 N–H and O–H groups in total. The third-order valence-corrected chi connectivity index (χ3v) is 13.7. The fraction of sp³-hybridized carbons (Fsp3) is 0.296. The van der Waals surface area contributed by atoms with E-state index in [1.807, 2.05) is 97.1 Å². The predicted octanol–water partition coefficient (Wildman–Crippen LogP) is 1.32. The van der Waals surface area contributed by atoms with Crippen LogP contribution >= 0.6 is 0 Å². The molecule has 6 rings (SSSR count). The van der Waals surface area contributed by atoms with E-state index in [1.54, 1.807) is 12.1 Å². The first-order chi connectivity index (χ1) is 35.1. The van der Waals surface area contributed by atoms with Crippen molar-refractivity contribution in [3.63, 3.8) is 0 Å². The molecule has 0 radical (unpaired) electrons. The Morgan fingerprint density at radius 1 is 0.461 bits per heavy atom. The molecule has 396 valence electrons. The zero-order valence-electron chi connectivity index (χ0n) is 44.7. The van der Waals surface area contributed by atoms with Gasteiger partial charge in [-0.1, -0.05) is 35.4 Å². The number of allylic oxidation sites excluding steroid dienone is 10. The predicted molar refractivity (Wildman–Crippen MR) is 287 cm³/mol. The average Bonchev–Trinajstić information content (AvgIpc) is 3.37. The van der Waals surface area contributed by atoms with Crippen LogP contribution in [0.1, 0.15) is 77.6 Å². The maximum atomic E-state index is 12.1. The van der Waals surface area contributed by atoms with Gasteiger partial charge in [-0.15, -0.1) is 36.4 Å². The minimum absolute atomic E-state index is 0. The quantitative estimate of drug-likeness (QED) is 0.0668. The van der Waals surface area contributed by atoms with Crippen LogP contribution in [0.5, 0.6) is 0 Å². The van der Waals surface area contributed by atoms with E-state index in [4.69, 9.17) is 25.3 Å². The Morgan fingerprint density at radius 3 is 0.947 bits per heavy atom. The van der Waals surface area contributed by atoms with E-state index < -0.39 is 41.5 Å². The van der Waals surface area contributed by atoms with E-state index in [0.717, 1.165) is 97.4 Å². The SMILES string of the molecule is CCN(CC)c1ccc(C(=C2C=CC(=[N+](CC)CC)C=C2)c2c[c-]ccc2S(=O)(=O)[O-])cc1.CCN(CC)c1ccc(C(=C2C=CC(=[N+](CC)CC)C=C2)c2c[c-]ccc2S(=O)(=O)[O-])cc1.O=S(=O)=O.O=S(=O)=O.[Na+].[Na+]. The van der Waals surface area contributed by atoms with Crippen molar-refractivity contribution in [2.75, 3.05) is 62.2 Å². The van der Waals surface area contributed by atoms with Gasteiger partial charge in [-0.2, -0.15) is 48.5 Å². The van der Waals surface area contributed by atoms with Gasteiger partial charge < -0.3 is 18.9 Å². The van der Waals surface area contributed by atoms with E-state index in [2.05, 4.69) is 86.5 Å². The van der Waals surface area contributed by atoms with Gasteiger partial charge in [0.1, 0.15) is 46.4 Å². The molecule has 0 amide bonds. The summed E-state index contributed by atoms with van der Waals surface area (Å²) in [6, 6.07) is 30.7. The number of hydrogen-bond acceptors (Lipinski definition) is 14. The summed E-state index contributed by atoms with van der Waals surface area (Å²) < 4.78 is 128. The molecule has 0 atom stereocenters. The van der Waals surface area contributed by atoms with E-state index >= 15 is 0 Å². The normalized spacial score (nSPS) is 12.2. The number of nitrogens with zero attached hydrogens (tertiary/aromatic N) is 4. The van der Waals surface area contributed by atoms with E-state index in [1.165, 1.54) is 24.3 Å². The van der Waals surface area contributed by atoms with Crippen molar-refractivity contribution in [3.05, 3.63) is 179 Å². The van der Waals surface area contributed by atoms with Crippen molar-refractivity contribution in [3.8, 4) is 0 Å². The van der Waals surface area contributed by atoms with Gasteiger partial charge in [-0.3, -0.25) is 0 Å². The van der Waals surface area contributed by atoms with Crippen molar-refractivity contribution in [1.82, 2.24) is 0 Å². The largest absolute Gasteiger partial charge is 1.00 e. The third-order valence-electron chi connectivity index (χ3n) is 11.9. The molecule has 4 aromatic rings. The van der Waals surface area contributed by atoms with Gasteiger partial charge >= 0.3 is 80.3 Å². The van der Waals surface area contributed by atoms with Crippen LogP contribution in [-0.4, -0.2) is 124 Å². The molecular formula is C54H62N4Na2O12S4. The molecule has 0 saturated carbocycles. The third kappa shape index (κ3) is 20.6. The van der Waals surface area contributed by atoms with Crippen LogP contribution in [0.25, 0.3) is 11.1 Å². The molecule has 4 aromatic carbocycles. The van der Waals surface area contributed by atoms with Gasteiger partial charge in [0.2, 0.25) is 0 Å². The van der Waals surface area contributed by atoms with Gasteiger partial charge in [-0.05, 0) is 136 Å². The Balaban J connectivity index is 0.000000650. The second kappa shape index (κ2) is 34.3. The number of rotatable bonds is 16. The van der Waals surface area contributed by atoms with Crippen molar-refractivity contribution < 1.29 is 119 Å². The Morgan fingerprint density at radius 2 is 0.724 bits per heavy atom. The van der Waals surface area contributed by atoms with E-state index in [-0.39, 0.29) is 68.9 Å². The van der Waals surface area contributed by atoms with E-state index in [0.29, 0.717) is 22.3 Å². The van der Waals surface area contributed by atoms with E-state index in [9.17, 15) is 25.9 Å². The van der Waals surface area contributed by atoms with Crippen LogP contribution in [0.2, 0.25) is 0 Å². The van der Waals surface area contributed by atoms with Gasteiger partial charge in [0, 0.05) is 61.9 Å². The molecule has 0 fully saturated rings. The van der Waals surface area contributed by atoms with Gasteiger partial charge in [0.25, 0.3) is 0 Å². The van der Waals surface area contributed by atoms with Crippen molar-refractivity contribution >= 4 is 75.4 Å². The van der Waals surface area contributed by atoms with Gasteiger partial charge in [-0.25, -0.2) is 26.0 Å². The zero-order valence-corrected chi connectivity index (χ0v) is 51.9. The molecule has 22 heteroatoms. The summed E-state index contributed by atoms with van der Waals surface area (Å²) >= 11 is 0. The first kappa shape index (κ1) is 69.3. The molecule has 0 saturated heterocycles. The number of benzene rings is 4. The maximum Gasteiger partial charge on any atom is 1.00 e. The number of hydrogen-bond donors (Lipinski definition) is 0. The Hall–Kier alpha value is -4.68. The fourth-order valence-electron chi connectivity index (χ4n) is 8.33. The Kier molecular flexibility index (Phi) is 31.3. The van der Waals surface area contributed by atoms with Crippen molar-refractivity contribution in [2.45, 2.75) is 65.2 Å². The summed E-state index contributed by atoms with van der Waals surface area (Å²) in [5.41, 5.74) is 9.84. The standard InChI is InChI=1S/2C27H32N2O3S.2Na.2O3S/c2*1-5-28(6-2)23-17-13-21(14-18-23)27(25-11-9-10-12-26(25)33(30,31)32)22-15-19-24(20-16-22)29(7-3)8-4;;;2*1-4(2)3/h2*10-20H,5-8H2,1-4H3,(H,30,31,32);;;;/q;;2*+1;;/p-2. The Labute approximate surface area is 496 Å². The van der Waals surface area contributed by atoms with Gasteiger partial charge in [0.05, 0.1) is 0 Å². The average molecular weight is 1130 g/mol. The minimum atomic E-state index is -4.66. The molecule has 0 unspecified atom stereocenters. The molecule has 16 nitrogen and oxygen atoms in total. The molecule has 0 spiro atoms. The summed E-state index contributed by atoms with van der Waals surface area (Å²) in [4.78, 5) is 4.01. The number of anilines is 2. The molecule has 0 bridgehead atoms. The van der Waals surface area contributed by atoms with Crippen LogP contribution in [0, 0.1) is 12.1 Å². The van der Waals surface area contributed by atoms with Gasteiger partial charge in [0.15, 0.2) is 11.4 Å². The topological polar surface area (TPSA) is 229 Å². The molecular weight excluding hydrogens is 1070 g/mol. The monoisotopic (exact) mass is 1130 g/mol. The second-order valence-electron chi connectivity index (χ2n) is 15.8. The first-order valence-electron chi connectivity index (χ1n) is 23.8. The molecule has 0 heterocycles. The summed E-state index contributed by atoms with van der Waals surface area (Å²) in [6.45, 7) is 24.0. The first-order valence-corrected chi connectivity index (χ1v) is 28.6. The molecule has 2 aliphatic carbocycles. The van der Waals surface area contributed by atoms with Crippen molar-refractivity contribution in [2.24, 2.45) is 0 Å². The van der Waals surface area contributed by atoms with Crippen molar-refractivity contribution in [1.29, 1.82) is 0 Å². The van der Waals surface area contributed by atoms with Crippen LogP contribution in [0.15, 0.2) is 154 Å². The zero-order chi connectivity index (χ0) is 55.2.